The first-order chi connectivity index (χ1) is 9.67. The first kappa shape index (κ1) is 14.0. The quantitative estimate of drug-likeness (QED) is 0.923. The summed E-state index contributed by atoms with van der Waals surface area (Å²) in [5, 5.41) is 9.02. The molecule has 3 rings (SSSR count). The number of imidazole rings is 1. The van der Waals surface area contributed by atoms with Gasteiger partial charge in [0.2, 0.25) is 0 Å². The summed E-state index contributed by atoms with van der Waals surface area (Å²) in [6.07, 6.45) is 2.97. The van der Waals surface area contributed by atoms with E-state index < -0.39 is 0 Å². The van der Waals surface area contributed by atoms with Crippen LogP contribution in [0.2, 0.25) is 0 Å². The van der Waals surface area contributed by atoms with E-state index in [0.29, 0.717) is 5.92 Å². The van der Waals surface area contributed by atoms with Gasteiger partial charge in [0.05, 0.1) is 12.1 Å². The van der Waals surface area contributed by atoms with Gasteiger partial charge in [-0.3, -0.25) is 0 Å². The van der Waals surface area contributed by atoms with Crippen molar-refractivity contribution < 1.29 is 5.11 Å². The van der Waals surface area contributed by atoms with Gasteiger partial charge in [0.25, 0.3) is 0 Å². The van der Waals surface area contributed by atoms with Crippen LogP contribution in [0.4, 0.5) is 0 Å². The van der Waals surface area contributed by atoms with Crippen LogP contribution in [0.5, 0.6) is 0 Å². The minimum atomic E-state index is 0.247. The Kier molecular flexibility index (Phi) is 4.05. The Morgan fingerprint density at radius 3 is 3.15 bits per heavy atom. The molecule has 0 aromatic carbocycles. The third-order valence-electron chi connectivity index (χ3n) is 3.99. The van der Waals surface area contributed by atoms with Crippen molar-refractivity contribution in [3.05, 3.63) is 22.6 Å². The molecule has 1 saturated heterocycles. The van der Waals surface area contributed by atoms with Crippen molar-refractivity contribution in [1.82, 2.24) is 19.4 Å². The van der Waals surface area contributed by atoms with Crippen molar-refractivity contribution >= 4 is 27.1 Å². The summed E-state index contributed by atoms with van der Waals surface area (Å²) >= 11 is 3.48. The number of nitrogens with zero attached hydrogens (tertiary/aromatic N) is 4. The fourth-order valence-electron chi connectivity index (χ4n) is 2.99. The molecular formula is C14H19BrN4O. The number of β-amino-alcohol motifs (C(OH)–C–C–N with tert-alkyl or cyclic N) is 1. The van der Waals surface area contributed by atoms with Gasteiger partial charge in [-0.05, 0) is 47.8 Å². The molecule has 0 radical (unpaired) electrons. The Hall–Kier alpha value is -0.980. The topological polar surface area (TPSA) is 54.2 Å². The second-order valence-electron chi connectivity index (χ2n) is 5.44. The third kappa shape index (κ3) is 2.73. The van der Waals surface area contributed by atoms with Crippen molar-refractivity contribution in [2.75, 3.05) is 26.2 Å². The van der Waals surface area contributed by atoms with E-state index in [1.54, 1.807) is 6.20 Å². The van der Waals surface area contributed by atoms with Gasteiger partial charge in [-0.2, -0.15) is 0 Å². The Morgan fingerprint density at radius 1 is 1.50 bits per heavy atom. The number of hydrogen-bond acceptors (Lipinski definition) is 4. The molecule has 2 aromatic heterocycles. The highest BCUT2D eigenvalue weighted by Crippen LogP contribution is 2.23. The smallest absolute Gasteiger partial charge is 0.177 e. The molecule has 6 heteroatoms. The maximum absolute atomic E-state index is 9.02. The van der Waals surface area contributed by atoms with Crippen LogP contribution >= 0.6 is 15.9 Å². The summed E-state index contributed by atoms with van der Waals surface area (Å²) in [7, 11) is 0. The maximum atomic E-state index is 9.02. The second kappa shape index (κ2) is 5.79. The highest BCUT2D eigenvalue weighted by atomic mass is 79.9. The molecule has 3 heterocycles. The molecule has 1 N–H and O–H groups in total. The van der Waals surface area contributed by atoms with E-state index in [-0.39, 0.29) is 6.61 Å². The van der Waals surface area contributed by atoms with Crippen LogP contribution in [-0.2, 0) is 6.54 Å². The van der Waals surface area contributed by atoms with Gasteiger partial charge in [-0.1, -0.05) is 0 Å². The van der Waals surface area contributed by atoms with Crippen LogP contribution in [0.15, 0.2) is 16.7 Å². The lowest BCUT2D eigenvalue weighted by Gasteiger charge is -2.15. The van der Waals surface area contributed by atoms with Crippen LogP contribution in [0.25, 0.3) is 11.2 Å². The number of aliphatic hydroxyl groups is 1. The molecule has 108 valence electrons. The number of hydrogen-bond donors (Lipinski definition) is 1. The number of aryl methyl sites for hydroxylation is 1. The number of aliphatic hydroxyl groups excluding tert-OH is 1. The zero-order valence-electron chi connectivity index (χ0n) is 11.6. The van der Waals surface area contributed by atoms with Gasteiger partial charge in [0, 0.05) is 30.3 Å². The van der Waals surface area contributed by atoms with Crippen molar-refractivity contribution in [3.8, 4) is 0 Å². The van der Waals surface area contributed by atoms with Gasteiger partial charge in [-0.15, -0.1) is 0 Å². The van der Waals surface area contributed by atoms with Crippen LogP contribution < -0.4 is 0 Å². The Bertz CT molecular complexity index is 612. The van der Waals surface area contributed by atoms with Crippen LogP contribution in [0.1, 0.15) is 12.2 Å². The lowest BCUT2D eigenvalue weighted by atomic mass is 10.1. The minimum absolute atomic E-state index is 0.247. The van der Waals surface area contributed by atoms with E-state index in [1.165, 1.54) is 6.42 Å². The average molecular weight is 339 g/mol. The van der Waals surface area contributed by atoms with Crippen LogP contribution in [0, 0.1) is 12.8 Å². The molecule has 1 aliphatic heterocycles. The molecule has 0 aliphatic carbocycles. The molecule has 2 aromatic rings. The third-order valence-corrected chi connectivity index (χ3v) is 4.42. The van der Waals surface area contributed by atoms with E-state index in [0.717, 1.165) is 47.6 Å². The number of likely N-dealkylation sites (tertiary alicyclic amines) is 1. The van der Waals surface area contributed by atoms with Crippen molar-refractivity contribution in [2.45, 2.75) is 19.9 Å². The summed E-state index contributed by atoms with van der Waals surface area (Å²) in [5.41, 5.74) is 1.91. The highest BCUT2D eigenvalue weighted by molar-refractivity contribution is 9.10. The van der Waals surface area contributed by atoms with E-state index in [1.807, 2.05) is 6.92 Å². The lowest BCUT2D eigenvalue weighted by molar-refractivity contribution is 0.216. The predicted octanol–water partition coefficient (Wildman–Crippen LogP) is 1.82. The Morgan fingerprint density at radius 2 is 2.35 bits per heavy atom. The van der Waals surface area contributed by atoms with Crippen LogP contribution in [-0.4, -0.2) is 50.8 Å². The van der Waals surface area contributed by atoms with Crippen molar-refractivity contribution in [2.24, 2.45) is 5.92 Å². The zero-order chi connectivity index (χ0) is 14.1. The molecule has 0 amide bonds. The second-order valence-corrected chi connectivity index (χ2v) is 6.36. The van der Waals surface area contributed by atoms with E-state index in [9.17, 15) is 0 Å². The molecule has 1 unspecified atom stereocenters. The molecule has 0 saturated carbocycles. The number of aromatic nitrogens is 3. The highest BCUT2D eigenvalue weighted by Gasteiger charge is 2.23. The number of fused-ring (bicyclic) bond motifs is 1. The van der Waals surface area contributed by atoms with Crippen molar-refractivity contribution in [3.63, 3.8) is 0 Å². The molecule has 5 nitrogen and oxygen atoms in total. The summed E-state index contributed by atoms with van der Waals surface area (Å²) in [5.74, 6) is 1.64. The van der Waals surface area contributed by atoms with Gasteiger partial charge in [0.15, 0.2) is 5.65 Å². The molecule has 20 heavy (non-hydrogen) atoms. The summed E-state index contributed by atoms with van der Waals surface area (Å²) in [6, 6.07) is 2.09. The van der Waals surface area contributed by atoms with E-state index in [2.05, 4.69) is 41.4 Å². The molecule has 0 bridgehead atoms. The fourth-order valence-corrected chi connectivity index (χ4v) is 3.31. The average Bonchev–Trinajstić information content (AvgIpc) is 2.97. The number of pyridine rings is 1. The number of rotatable bonds is 4. The zero-order valence-corrected chi connectivity index (χ0v) is 13.2. The summed E-state index contributed by atoms with van der Waals surface area (Å²) in [4.78, 5) is 11.2. The van der Waals surface area contributed by atoms with Gasteiger partial charge < -0.3 is 14.6 Å². The standard InChI is InChI=1S/C14H19BrN4O/c1-10-17-14-13(6-12(15)7-16-14)19(10)9-11-2-3-18(8-11)4-5-20/h6-7,11,20H,2-5,8-9H2,1H3. The van der Waals surface area contributed by atoms with E-state index in [4.69, 9.17) is 5.11 Å². The maximum Gasteiger partial charge on any atom is 0.177 e. The monoisotopic (exact) mass is 338 g/mol. The Balaban J connectivity index is 1.81. The Labute approximate surface area is 126 Å². The molecule has 0 spiro atoms. The minimum Gasteiger partial charge on any atom is -0.395 e. The summed E-state index contributed by atoms with van der Waals surface area (Å²) < 4.78 is 3.25. The number of halogens is 1. The normalized spacial score (nSPS) is 20.1. The van der Waals surface area contributed by atoms with Crippen LogP contribution in [0.3, 0.4) is 0 Å². The summed E-state index contributed by atoms with van der Waals surface area (Å²) in [6.45, 7) is 6.18. The fraction of sp³-hybridized carbons (Fsp3) is 0.571. The van der Waals surface area contributed by atoms with Gasteiger partial charge in [0.1, 0.15) is 5.82 Å². The van der Waals surface area contributed by atoms with E-state index >= 15 is 0 Å². The molecule has 1 aliphatic rings. The lowest BCUT2D eigenvalue weighted by Crippen LogP contribution is -2.25. The SMILES string of the molecule is Cc1nc2ncc(Br)cc2n1CC1CCN(CCO)C1. The first-order valence-electron chi connectivity index (χ1n) is 6.99. The molecule has 1 atom stereocenters. The molecular weight excluding hydrogens is 320 g/mol. The first-order valence-corrected chi connectivity index (χ1v) is 7.78. The van der Waals surface area contributed by atoms with Gasteiger partial charge in [-0.25, -0.2) is 9.97 Å². The predicted molar refractivity (Wildman–Crippen MR) is 81.6 cm³/mol. The largest absolute Gasteiger partial charge is 0.395 e. The van der Waals surface area contributed by atoms with Gasteiger partial charge >= 0.3 is 0 Å². The molecule has 1 fully saturated rings. The van der Waals surface area contributed by atoms with Crippen molar-refractivity contribution in [1.29, 1.82) is 0 Å².